The monoisotopic (exact) mass is 353 g/mol. The first kappa shape index (κ1) is 16.7. The molecule has 0 atom stereocenters. The smallest absolute Gasteiger partial charge is 0.408 e. The zero-order valence-electron chi connectivity index (χ0n) is 13.3. The second-order valence-corrected chi connectivity index (χ2v) is 7.90. The van der Waals surface area contributed by atoms with Gasteiger partial charge in [-0.1, -0.05) is 6.07 Å². The van der Waals surface area contributed by atoms with E-state index in [1.807, 2.05) is 0 Å². The second-order valence-electron chi connectivity index (χ2n) is 5.92. The average Bonchev–Trinajstić information content (AvgIpc) is 2.71. The summed E-state index contributed by atoms with van der Waals surface area (Å²) in [5.41, 5.74) is 1.79. The van der Waals surface area contributed by atoms with Gasteiger partial charge in [0, 0.05) is 26.2 Å². The number of oxazole rings is 1. The molecule has 130 valence electrons. The van der Waals surface area contributed by atoms with Crippen molar-refractivity contribution in [1.82, 2.24) is 14.2 Å². The van der Waals surface area contributed by atoms with Crippen molar-refractivity contribution in [2.45, 2.75) is 12.8 Å². The number of nitrogens with one attached hydrogen (secondary N) is 1. The second kappa shape index (κ2) is 6.40. The molecule has 0 spiro atoms. The van der Waals surface area contributed by atoms with E-state index >= 15 is 0 Å². The van der Waals surface area contributed by atoms with Gasteiger partial charge in [0.1, 0.15) is 0 Å². The van der Waals surface area contributed by atoms with Crippen molar-refractivity contribution in [1.29, 1.82) is 0 Å². The van der Waals surface area contributed by atoms with Crippen LogP contribution in [0.5, 0.6) is 0 Å². The van der Waals surface area contributed by atoms with Crippen LogP contribution in [0.2, 0.25) is 0 Å². The van der Waals surface area contributed by atoms with E-state index in [1.54, 1.807) is 23.1 Å². The fourth-order valence-electron chi connectivity index (χ4n) is 2.87. The molecule has 0 radical (unpaired) electrons. The summed E-state index contributed by atoms with van der Waals surface area (Å²) in [6, 6.07) is 5.13. The van der Waals surface area contributed by atoms with E-state index in [4.69, 9.17) is 4.42 Å². The van der Waals surface area contributed by atoms with Gasteiger partial charge in [-0.2, -0.15) is 0 Å². The molecule has 1 aliphatic heterocycles. The number of amides is 1. The van der Waals surface area contributed by atoms with Crippen LogP contribution >= 0.6 is 0 Å². The van der Waals surface area contributed by atoms with Crippen LogP contribution in [0.1, 0.15) is 12.0 Å². The van der Waals surface area contributed by atoms with Crippen LogP contribution < -0.4 is 5.76 Å². The molecule has 3 rings (SSSR count). The topological polar surface area (TPSA) is 104 Å². The minimum atomic E-state index is -3.23. The maximum Gasteiger partial charge on any atom is 0.417 e. The molecular weight excluding hydrogens is 334 g/mol. The predicted molar refractivity (Wildman–Crippen MR) is 88.2 cm³/mol. The fourth-order valence-corrected chi connectivity index (χ4v) is 3.74. The summed E-state index contributed by atoms with van der Waals surface area (Å²) in [6.45, 7) is 1.68. The van der Waals surface area contributed by atoms with Crippen LogP contribution in [-0.4, -0.2) is 60.9 Å². The Hall–Kier alpha value is -2.13. The van der Waals surface area contributed by atoms with Crippen molar-refractivity contribution >= 4 is 27.0 Å². The summed E-state index contributed by atoms with van der Waals surface area (Å²) in [4.78, 5) is 27.9. The van der Waals surface area contributed by atoms with E-state index in [0.29, 0.717) is 43.7 Å². The Bertz CT molecular complexity index is 915. The predicted octanol–water partition coefficient (Wildman–Crippen LogP) is 0.158. The highest BCUT2D eigenvalue weighted by atomic mass is 32.2. The van der Waals surface area contributed by atoms with Gasteiger partial charge in [-0.25, -0.2) is 17.5 Å². The summed E-state index contributed by atoms with van der Waals surface area (Å²) in [5, 5.41) is 0. The Labute approximate surface area is 139 Å². The highest BCUT2D eigenvalue weighted by molar-refractivity contribution is 7.88. The third-order valence-electron chi connectivity index (χ3n) is 4.12. The van der Waals surface area contributed by atoms with Crippen molar-refractivity contribution in [2.24, 2.45) is 0 Å². The molecule has 1 aliphatic rings. The third-order valence-corrected chi connectivity index (χ3v) is 5.42. The average molecular weight is 353 g/mol. The van der Waals surface area contributed by atoms with Gasteiger partial charge in [0.25, 0.3) is 0 Å². The number of fused-ring (bicyclic) bond motifs is 1. The van der Waals surface area contributed by atoms with E-state index in [1.165, 1.54) is 10.6 Å². The first-order chi connectivity index (χ1) is 11.3. The molecule has 1 amide bonds. The van der Waals surface area contributed by atoms with Crippen LogP contribution in [0.25, 0.3) is 11.1 Å². The van der Waals surface area contributed by atoms with Crippen LogP contribution in [0.15, 0.2) is 27.4 Å². The normalized spacial score (nSPS) is 17.1. The fraction of sp³-hybridized carbons (Fsp3) is 0.467. The molecule has 0 bridgehead atoms. The molecule has 24 heavy (non-hydrogen) atoms. The molecule has 1 aromatic carbocycles. The SMILES string of the molecule is CS(=O)(=O)N1CCCN(C(=O)Cc2ccc3oc(=O)[nH]c3c2)CC1. The number of hydrogen-bond acceptors (Lipinski definition) is 5. The van der Waals surface area contributed by atoms with Crippen LogP contribution in [-0.2, 0) is 21.2 Å². The van der Waals surface area contributed by atoms with E-state index in [9.17, 15) is 18.0 Å². The quantitative estimate of drug-likeness (QED) is 0.846. The number of benzene rings is 1. The molecule has 0 aliphatic carbocycles. The van der Waals surface area contributed by atoms with E-state index in [0.717, 1.165) is 5.56 Å². The number of H-pyrrole nitrogens is 1. The van der Waals surface area contributed by atoms with Crippen molar-refractivity contribution in [3.63, 3.8) is 0 Å². The lowest BCUT2D eigenvalue weighted by Crippen LogP contribution is -2.37. The van der Waals surface area contributed by atoms with Crippen molar-refractivity contribution in [3.05, 3.63) is 34.3 Å². The standard InChI is InChI=1S/C15H19N3O5S/c1-24(21,22)18-6-2-5-17(7-8-18)14(19)10-11-3-4-13-12(9-11)16-15(20)23-13/h3-4,9H,2,5-8,10H2,1H3,(H,16,20). The summed E-state index contributed by atoms with van der Waals surface area (Å²) in [5.74, 6) is -0.586. The summed E-state index contributed by atoms with van der Waals surface area (Å²) in [6.07, 6.45) is 2.00. The number of carbonyl (C=O) groups excluding carboxylic acids is 1. The molecule has 1 N–H and O–H groups in total. The first-order valence-electron chi connectivity index (χ1n) is 7.67. The summed E-state index contributed by atoms with van der Waals surface area (Å²) < 4.78 is 29.6. The zero-order valence-corrected chi connectivity index (χ0v) is 14.1. The molecule has 1 fully saturated rings. The van der Waals surface area contributed by atoms with Crippen LogP contribution in [0, 0.1) is 0 Å². The van der Waals surface area contributed by atoms with Crippen LogP contribution in [0.4, 0.5) is 0 Å². The molecule has 8 nitrogen and oxygen atoms in total. The largest absolute Gasteiger partial charge is 0.417 e. The van der Waals surface area contributed by atoms with E-state index in [2.05, 4.69) is 4.98 Å². The molecule has 1 aromatic heterocycles. The maximum absolute atomic E-state index is 12.5. The van der Waals surface area contributed by atoms with Gasteiger partial charge in [0.05, 0.1) is 18.2 Å². The van der Waals surface area contributed by atoms with Gasteiger partial charge >= 0.3 is 5.76 Å². The zero-order chi connectivity index (χ0) is 17.3. The molecule has 0 unspecified atom stereocenters. The Morgan fingerprint density at radius 1 is 1.25 bits per heavy atom. The molecule has 0 saturated carbocycles. The lowest BCUT2D eigenvalue weighted by molar-refractivity contribution is -0.130. The minimum Gasteiger partial charge on any atom is -0.408 e. The number of hydrogen-bond donors (Lipinski definition) is 1. The van der Waals surface area contributed by atoms with Gasteiger partial charge in [-0.3, -0.25) is 9.78 Å². The molecule has 9 heteroatoms. The van der Waals surface area contributed by atoms with Crippen molar-refractivity contribution in [3.8, 4) is 0 Å². The summed E-state index contributed by atoms with van der Waals surface area (Å²) >= 11 is 0. The van der Waals surface area contributed by atoms with E-state index < -0.39 is 15.8 Å². The van der Waals surface area contributed by atoms with Gasteiger partial charge in [0.15, 0.2) is 5.58 Å². The number of rotatable bonds is 3. The molecular formula is C15H19N3O5S. The van der Waals surface area contributed by atoms with Gasteiger partial charge in [-0.05, 0) is 24.1 Å². The molecule has 2 heterocycles. The molecule has 2 aromatic rings. The van der Waals surface area contributed by atoms with Crippen molar-refractivity contribution in [2.75, 3.05) is 32.4 Å². The van der Waals surface area contributed by atoms with E-state index in [-0.39, 0.29) is 12.3 Å². The number of nitrogens with zero attached hydrogens (tertiary/aromatic N) is 2. The lowest BCUT2D eigenvalue weighted by atomic mass is 10.1. The van der Waals surface area contributed by atoms with Gasteiger partial charge in [0.2, 0.25) is 15.9 Å². The third kappa shape index (κ3) is 3.68. The Morgan fingerprint density at radius 2 is 2.04 bits per heavy atom. The number of sulfonamides is 1. The summed E-state index contributed by atoms with van der Waals surface area (Å²) in [7, 11) is -3.23. The van der Waals surface area contributed by atoms with Gasteiger partial charge in [-0.15, -0.1) is 0 Å². The highest BCUT2D eigenvalue weighted by Gasteiger charge is 2.23. The number of aromatic amines is 1. The Kier molecular flexibility index (Phi) is 4.46. The number of carbonyl (C=O) groups is 1. The minimum absolute atomic E-state index is 0.0597. The number of aromatic nitrogens is 1. The molecule has 1 saturated heterocycles. The lowest BCUT2D eigenvalue weighted by Gasteiger charge is -2.21. The van der Waals surface area contributed by atoms with Gasteiger partial charge < -0.3 is 9.32 Å². The van der Waals surface area contributed by atoms with Crippen LogP contribution in [0.3, 0.4) is 0 Å². The maximum atomic E-state index is 12.5. The first-order valence-corrected chi connectivity index (χ1v) is 9.52. The van der Waals surface area contributed by atoms with Crippen molar-refractivity contribution < 1.29 is 17.6 Å². The Balaban J connectivity index is 1.68. The Morgan fingerprint density at radius 3 is 2.79 bits per heavy atom. The highest BCUT2D eigenvalue weighted by Crippen LogP contribution is 2.14.